The van der Waals surface area contributed by atoms with E-state index in [2.05, 4.69) is 15.0 Å². The molecule has 0 atom stereocenters. The summed E-state index contributed by atoms with van der Waals surface area (Å²) in [4.78, 5) is 27.1. The Hall–Kier alpha value is -2.17. The van der Waals surface area contributed by atoms with Gasteiger partial charge in [0.25, 0.3) is 5.91 Å². The zero-order chi connectivity index (χ0) is 13.8. The van der Waals surface area contributed by atoms with Gasteiger partial charge >= 0.3 is 5.97 Å². The van der Waals surface area contributed by atoms with Crippen LogP contribution in [-0.2, 0) is 14.3 Å². The lowest BCUT2D eigenvalue weighted by Gasteiger charge is -2.07. The maximum atomic E-state index is 11.9. The van der Waals surface area contributed by atoms with Crippen molar-refractivity contribution in [2.45, 2.75) is 13.3 Å². The van der Waals surface area contributed by atoms with Gasteiger partial charge in [0.2, 0.25) is 0 Å². The standard InChI is InChI=1S/C14H15N2O3/c1-9-4-3-5-10-8-11(16-13(9)10)14(18)15-7-6-12(17)19-2/h3-5,8H,6-7H2,1-2H3,(H,15,18). The second kappa shape index (κ2) is 5.65. The fourth-order valence-corrected chi connectivity index (χ4v) is 1.84. The zero-order valence-electron chi connectivity index (χ0n) is 10.9. The van der Waals surface area contributed by atoms with Gasteiger partial charge in [0.05, 0.1) is 19.2 Å². The number of amides is 1. The topological polar surface area (TPSA) is 67.8 Å². The number of hydrogen-bond acceptors (Lipinski definition) is 4. The van der Waals surface area contributed by atoms with Crippen molar-refractivity contribution < 1.29 is 14.3 Å². The number of esters is 1. The third-order valence-corrected chi connectivity index (χ3v) is 2.87. The molecule has 0 aromatic carbocycles. The Labute approximate surface area is 111 Å². The Morgan fingerprint density at radius 3 is 2.84 bits per heavy atom. The number of methoxy groups -OCH3 is 1. The number of aliphatic imine (C=N–C) groups is 1. The van der Waals surface area contributed by atoms with Gasteiger partial charge in [-0.05, 0) is 24.1 Å². The van der Waals surface area contributed by atoms with Crippen molar-refractivity contribution in [2.24, 2.45) is 4.99 Å². The van der Waals surface area contributed by atoms with Crippen molar-refractivity contribution in [3.63, 3.8) is 0 Å². The van der Waals surface area contributed by atoms with E-state index < -0.39 is 0 Å². The summed E-state index contributed by atoms with van der Waals surface area (Å²) in [5, 5.41) is 2.64. The summed E-state index contributed by atoms with van der Waals surface area (Å²) in [6.07, 6.45) is 7.70. The van der Waals surface area contributed by atoms with Crippen LogP contribution in [0.25, 0.3) is 0 Å². The molecular formula is C14H15N2O3. The molecule has 5 heteroatoms. The Kier molecular flexibility index (Phi) is 3.94. The van der Waals surface area contributed by atoms with Gasteiger partial charge < -0.3 is 10.1 Å². The number of rotatable bonds is 4. The van der Waals surface area contributed by atoms with Crippen molar-refractivity contribution >= 4 is 17.6 Å². The van der Waals surface area contributed by atoms with Gasteiger partial charge in [0.15, 0.2) is 0 Å². The summed E-state index contributed by atoms with van der Waals surface area (Å²) in [6.45, 7) is 2.20. The van der Waals surface area contributed by atoms with Gasteiger partial charge in [-0.1, -0.05) is 12.2 Å². The van der Waals surface area contributed by atoms with Crippen LogP contribution in [0.5, 0.6) is 0 Å². The molecular weight excluding hydrogens is 244 g/mol. The molecule has 2 rings (SSSR count). The first kappa shape index (κ1) is 13.3. The van der Waals surface area contributed by atoms with E-state index in [9.17, 15) is 9.59 Å². The number of hydrogen-bond donors (Lipinski definition) is 1. The maximum Gasteiger partial charge on any atom is 0.307 e. The van der Waals surface area contributed by atoms with Crippen LogP contribution in [0, 0.1) is 6.42 Å². The molecule has 1 amide bonds. The number of fused-ring (bicyclic) bond motifs is 1. The number of carbonyl (C=O) groups excluding carboxylic acids is 2. The molecule has 0 saturated heterocycles. The maximum absolute atomic E-state index is 11.9. The molecule has 0 unspecified atom stereocenters. The number of nitrogens with one attached hydrogen (secondary N) is 1. The Morgan fingerprint density at radius 2 is 2.16 bits per heavy atom. The van der Waals surface area contributed by atoms with Crippen molar-refractivity contribution in [2.75, 3.05) is 13.7 Å². The summed E-state index contributed by atoms with van der Waals surface area (Å²) in [6, 6.07) is 0. The molecule has 0 bridgehead atoms. The molecule has 1 aliphatic heterocycles. The molecule has 1 aliphatic carbocycles. The predicted octanol–water partition coefficient (Wildman–Crippen LogP) is 1.09. The van der Waals surface area contributed by atoms with Crippen LogP contribution in [0.1, 0.15) is 13.3 Å². The van der Waals surface area contributed by atoms with Crippen molar-refractivity contribution in [1.82, 2.24) is 5.32 Å². The molecule has 99 valence electrons. The number of ether oxygens (including phenoxy) is 1. The monoisotopic (exact) mass is 259 g/mol. The van der Waals surface area contributed by atoms with Gasteiger partial charge in [0, 0.05) is 13.0 Å². The zero-order valence-corrected chi connectivity index (χ0v) is 10.9. The molecule has 0 fully saturated rings. The van der Waals surface area contributed by atoms with E-state index >= 15 is 0 Å². The molecule has 0 aromatic rings. The Balaban J connectivity index is 1.95. The van der Waals surface area contributed by atoms with Crippen molar-refractivity contribution in [1.29, 1.82) is 0 Å². The molecule has 2 aliphatic rings. The summed E-state index contributed by atoms with van der Waals surface area (Å²) >= 11 is 0. The first-order valence-corrected chi connectivity index (χ1v) is 6.00. The van der Waals surface area contributed by atoms with E-state index in [-0.39, 0.29) is 24.8 Å². The first-order valence-electron chi connectivity index (χ1n) is 6.00. The van der Waals surface area contributed by atoms with E-state index in [0.717, 1.165) is 16.9 Å². The Bertz CT molecular complexity index is 539. The van der Waals surface area contributed by atoms with Crippen molar-refractivity contribution in [3.05, 3.63) is 41.5 Å². The minimum Gasteiger partial charge on any atom is -0.469 e. The molecule has 19 heavy (non-hydrogen) atoms. The average Bonchev–Trinajstić information content (AvgIpc) is 2.84. The highest BCUT2D eigenvalue weighted by Gasteiger charge is 2.21. The number of nitrogens with zero attached hydrogens (tertiary/aromatic N) is 1. The van der Waals surface area contributed by atoms with Gasteiger partial charge in [-0.3, -0.25) is 9.59 Å². The van der Waals surface area contributed by atoms with Gasteiger partial charge in [-0.15, -0.1) is 0 Å². The molecule has 5 nitrogen and oxygen atoms in total. The third-order valence-electron chi connectivity index (χ3n) is 2.87. The van der Waals surface area contributed by atoms with Crippen LogP contribution in [-0.4, -0.2) is 31.2 Å². The fraction of sp³-hybridized carbons (Fsp3) is 0.286. The summed E-state index contributed by atoms with van der Waals surface area (Å²) in [7, 11) is 1.32. The molecule has 1 radical (unpaired) electrons. The molecule has 0 spiro atoms. The highest BCUT2D eigenvalue weighted by molar-refractivity contribution is 6.20. The van der Waals surface area contributed by atoms with Crippen molar-refractivity contribution in [3.8, 4) is 0 Å². The van der Waals surface area contributed by atoms with Crippen LogP contribution >= 0.6 is 0 Å². The van der Waals surface area contributed by atoms with E-state index in [1.807, 2.05) is 25.5 Å². The number of allylic oxidation sites excluding steroid dienone is 5. The second-order valence-electron chi connectivity index (χ2n) is 4.24. The summed E-state index contributed by atoms with van der Waals surface area (Å²) in [5.74, 6) is -0.628. The molecule has 1 N–H and O–H groups in total. The highest BCUT2D eigenvalue weighted by Crippen LogP contribution is 2.24. The smallest absolute Gasteiger partial charge is 0.307 e. The molecule has 1 heterocycles. The van der Waals surface area contributed by atoms with Crippen LogP contribution < -0.4 is 5.32 Å². The third kappa shape index (κ3) is 2.99. The number of carbonyl (C=O) groups is 2. The lowest BCUT2D eigenvalue weighted by atomic mass is 9.98. The largest absolute Gasteiger partial charge is 0.469 e. The van der Waals surface area contributed by atoms with E-state index in [1.165, 1.54) is 7.11 Å². The quantitative estimate of drug-likeness (QED) is 0.769. The van der Waals surface area contributed by atoms with Crippen LogP contribution in [0.3, 0.4) is 0 Å². The van der Waals surface area contributed by atoms with E-state index in [0.29, 0.717) is 5.70 Å². The lowest BCUT2D eigenvalue weighted by Crippen LogP contribution is -2.26. The van der Waals surface area contributed by atoms with E-state index in [1.54, 1.807) is 6.08 Å². The molecule has 0 saturated carbocycles. The van der Waals surface area contributed by atoms with Crippen LogP contribution in [0.2, 0.25) is 0 Å². The van der Waals surface area contributed by atoms with Gasteiger partial charge in [-0.2, -0.15) is 0 Å². The Morgan fingerprint density at radius 1 is 1.37 bits per heavy atom. The minimum atomic E-state index is -0.350. The van der Waals surface area contributed by atoms with E-state index in [4.69, 9.17) is 0 Å². The lowest BCUT2D eigenvalue weighted by molar-refractivity contribution is -0.140. The molecule has 0 aromatic heterocycles. The second-order valence-corrected chi connectivity index (χ2v) is 4.24. The van der Waals surface area contributed by atoms with Gasteiger partial charge in [0.1, 0.15) is 5.70 Å². The van der Waals surface area contributed by atoms with Gasteiger partial charge in [-0.25, -0.2) is 4.99 Å². The normalized spacial score (nSPS) is 16.7. The van der Waals surface area contributed by atoms with Crippen LogP contribution in [0.15, 0.2) is 40.1 Å². The first-order chi connectivity index (χ1) is 9.11. The summed E-state index contributed by atoms with van der Waals surface area (Å²) in [5.41, 5.74) is 3.18. The van der Waals surface area contributed by atoms with Crippen LogP contribution in [0.4, 0.5) is 0 Å². The highest BCUT2D eigenvalue weighted by atomic mass is 16.5. The summed E-state index contributed by atoms with van der Waals surface area (Å²) < 4.78 is 4.50. The fourth-order valence-electron chi connectivity index (χ4n) is 1.84. The predicted molar refractivity (Wildman–Crippen MR) is 71.3 cm³/mol. The SMILES string of the molecule is COC(=O)CCNC(=O)C1=CC2=C[CH]C=C(C)C2=N1. The average molecular weight is 259 g/mol. The minimum absolute atomic E-state index is 0.154.